The molecule has 5 rings (SSSR count). The lowest BCUT2D eigenvalue weighted by molar-refractivity contribution is 0.0679. The summed E-state index contributed by atoms with van der Waals surface area (Å²) in [5, 5.41) is 5.14. The second-order valence-electron chi connectivity index (χ2n) is 7.99. The van der Waals surface area contributed by atoms with E-state index in [0.717, 1.165) is 39.9 Å². The van der Waals surface area contributed by atoms with Crippen LogP contribution < -0.4 is 0 Å². The number of piperidine rings is 1. The van der Waals surface area contributed by atoms with E-state index in [0.29, 0.717) is 40.6 Å². The van der Waals surface area contributed by atoms with Gasteiger partial charge in [0.2, 0.25) is 0 Å². The number of carbonyl (C=O) groups excluding carboxylic acids is 1. The van der Waals surface area contributed by atoms with Gasteiger partial charge < -0.3 is 9.32 Å². The second kappa shape index (κ2) is 10.5. The maximum Gasteiger partial charge on any atom is 0.289 e. The summed E-state index contributed by atoms with van der Waals surface area (Å²) in [7, 11) is 0. The number of hydrogen-bond acceptors (Lipinski definition) is 6. The van der Waals surface area contributed by atoms with Crippen LogP contribution in [0.15, 0.2) is 69.6 Å². The first-order valence-electron chi connectivity index (χ1n) is 10.9. The average Bonchev–Trinajstić information content (AvgIpc) is 3.55. The lowest BCUT2D eigenvalue weighted by atomic mass is 9.97. The van der Waals surface area contributed by atoms with Gasteiger partial charge in [0.05, 0.1) is 31.5 Å². The molecule has 1 aromatic carbocycles. The van der Waals surface area contributed by atoms with Crippen molar-refractivity contribution in [2.45, 2.75) is 29.5 Å². The molecule has 1 amide bonds. The number of halogens is 2. The molecule has 1 fully saturated rings. The van der Waals surface area contributed by atoms with Gasteiger partial charge in [-0.25, -0.2) is 9.97 Å². The van der Waals surface area contributed by atoms with Gasteiger partial charge >= 0.3 is 0 Å². The highest BCUT2D eigenvalue weighted by Gasteiger charge is 2.28. The molecule has 1 aliphatic rings. The van der Waals surface area contributed by atoms with Crippen LogP contribution >= 0.6 is 46.3 Å². The molecular formula is C25H21Cl2N3O2S2. The van der Waals surface area contributed by atoms with Crippen molar-refractivity contribution >= 4 is 52.2 Å². The third kappa shape index (κ3) is 5.33. The molecule has 5 nitrogen and oxygen atoms in total. The van der Waals surface area contributed by atoms with E-state index in [-0.39, 0.29) is 5.91 Å². The molecule has 0 unspecified atom stereocenters. The quantitative estimate of drug-likeness (QED) is 0.243. The summed E-state index contributed by atoms with van der Waals surface area (Å²) in [5.74, 6) is 2.09. The minimum absolute atomic E-state index is 0.0526. The van der Waals surface area contributed by atoms with Crippen molar-refractivity contribution in [1.29, 1.82) is 0 Å². The van der Waals surface area contributed by atoms with Gasteiger partial charge in [-0.3, -0.25) is 4.79 Å². The van der Waals surface area contributed by atoms with Crippen LogP contribution in [0.5, 0.6) is 0 Å². The molecule has 0 N–H and O–H groups in total. The summed E-state index contributed by atoms with van der Waals surface area (Å²) < 4.78 is 5.83. The molecule has 0 saturated carbocycles. The molecule has 1 aliphatic heterocycles. The predicted octanol–water partition coefficient (Wildman–Crippen LogP) is 7.42. The number of hydrogen-bond donors (Lipinski definition) is 0. The van der Waals surface area contributed by atoms with Crippen molar-refractivity contribution in [3.8, 4) is 11.3 Å². The maximum atomic E-state index is 13.0. The van der Waals surface area contributed by atoms with Crippen LogP contribution in [0.1, 0.15) is 40.1 Å². The zero-order chi connectivity index (χ0) is 23.5. The molecule has 0 bridgehead atoms. The summed E-state index contributed by atoms with van der Waals surface area (Å²) in [6.45, 7) is 1.37. The van der Waals surface area contributed by atoms with E-state index in [1.165, 1.54) is 0 Å². The standard InChI is InChI=1S/C25H21Cl2N3O2S2/c26-19-6-4-17(13-20(19)27)21-15-34-24(29-21)16-8-11-30(12-9-16)25(31)22-7-5-18(32-22)14-33-23-3-1-2-10-28-23/h1-7,10,13,15-16H,8-9,11-12,14H2. The summed E-state index contributed by atoms with van der Waals surface area (Å²) in [6.07, 6.45) is 3.52. The zero-order valence-electron chi connectivity index (χ0n) is 18.1. The van der Waals surface area contributed by atoms with Crippen molar-refractivity contribution in [2.75, 3.05) is 13.1 Å². The number of nitrogens with zero attached hydrogens (tertiary/aromatic N) is 3. The van der Waals surface area contributed by atoms with E-state index >= 15 is 0 Å². The third-order valence-corrected chi connectivity index (χ3v) is 8.45. The first-order chi connectivity index (χ1) is 16.6. The Morgan fingerprint density at radius 2 is 1.97 bits per heavy atom. The molecule has 0 radical (unpaired) electrons. The highest BCUT2D eigenvalue weighted by molar-refractivity contribution is 7.98. The molecule has 0 spiro atoms. The van der Waals surface area contributed by atoms with Crippen LogP contribution in [-0.4, -0.2) is 33.9 Å². The van der Waals surface area contributed by atoms with E-state index in [2.05, 4.69) is 10.4 Å². The number of furan rings is 1. The van der Waals surface area contributed by atoms with Gasteiger partial charge in [-0.2, -0.15) is 0 Å². The van der Waals surface area contributed by atoms with Crippen LogP contribution in [0.3, 0.4) is 0 Å². The average molecular weight is 531 g/mol. The van der Waals surface area contributed by atoms with Crippen molar-refractivity contribution in [3.63, 3.8) is 0 Å². The van der Waals surface area contributed by atoms with Crippen LogP contribution in [0.2, 0.25) is 10.0 Å². The van der Waals surface area contributed by atoms with Crippen LogP contribution in [-0.2, 0) is 5.75 Å². The molecule has 0 atom stereocenters. The van der Waals surface area contributed by atoms with Crippen molar-refractivity contribution in [1.82, 2.24) is 14.9 Å². The van der Waals surface area contributed by atoms with Gasteiger partial charge in [-0.15, -0.1) is 11.3 Å². The van der Waals surface area contributed by atoms with Crippen molar-refractivity contribution < 1.29 is 9.21 Å². The summed E-state index contributed by atoms with van der Waals surface area (Å²) in [6, 6.07) is 15.0. The maximum absolute atomic E-state index is 13.0. The number of thioether (sulfide) groups is 1. The number of likely N-dealkylation sites (tertiary alicyclic amines) is 1. The molecule has 34 heavy (non-hydrogen) atoms. The number of amides is 1. The van der Waals surface area contributed by atoms with Gasteiger partial charge in [0, 0.05) is 36.1 Å². The number of benzene rings is 1. The number of carbonyl (C=O) groups is 1. The van der Waals surface area contributed by atoms with Crippen LogP contribution in [0.25, 0.3) is 11.3 Å². The normalized spacial score (nSPS) is 14.5. The Kier molecular flexibility index (Phi) is 7.25. The molecule has 0 aliphatic carbocycles. The highest BCUT2D eigenvalue weighted by atomic mass is 35.5. The van der Waals surface area contributed by atoms with Crippen LogP contribution in [0, 0.1) is 0 Å². The number of pyridine rings is 1. The predicted molar refractivity (Wildman–Crippen MR) is 138 cm³/mol. The fourth-order valence-electron chi connectivity index (χ4n) is 3.90. The molecule has 9 heteroatoms. The lowest BCUT2D eigenvalue weighted by Crippen LogP contribution is -2.37. The first-order valence-corrected chi connectivity index (χ1v) is 13.5. The third-order valence-electron chi connectivity index (χ3n) is 5.74. The van der Waals surface area contributed by atoms with Gasteiger partial charge in [-0.1, -0.05) is 47.1 Å². The summed E-state index contributed by atoms with van der Waals surface area (Å²) >= 11 is 15.4. The molecule has 3 aromatic heterocycles. The summed E-state index contributed by atoms with van der Waals surface area (Å²) in [5.41, 5.74) is 1.86. The molecule has 1 saturated heterocycles. The monoisotopic (exact) mass is 529 g/mol. The molecule has 4 heterocycles. The van der Waals surface area contributed by atoms with Gasteiger partial charge in [0.1, 0.15) is 5.76 Å². The first kappa shape index (κ1) is 23.4. The molecule has 174 valence electrons. The van der Waals surface area contributed by atoms with Crippen molar-refractivity contribution in [3.05, 3.63) is 86.7 Å². The van der Waals surface area contributed by atoms with Gasteiger partial charge in [-0.05, 0) is 49.2 Å². The minimum atomic E-state index is -0.0526. The SMILES string of the molecule is O=C(c1ccc(CSc2ccccn2)o1)N1CCC(c2nc(-c3ccc(Cl)c(Cl)c3)cs2)CC1. The number of aromatic nitrogens is 2. The Morgan fingerprint density at radius 1 is 1.12 bits per heavy atom. The van der Waals surface area contributed by atoms with E-state index in [1.807, 2.05) is 41.3 Å². The van der Waals surface area contributed by atoms with Gasteiger partial charge in [0.15, 0.2) is 5.76 Å². The lowest BCUT2D eigenvalue weighted by Gasteiger charge is -2.30. The zero-order valence-corrected chi connectivity index (χ0v) is 21.3. The van der Waals surface area contributed by atoms with E-state index in [1.54, 1.807) is 41.4 Å². The van der Waals surface area contributed by atoms with Crippen molar-refractivity contribution in [2.24, 2.45) is 0 Å². The van der Waals surface area contributed by atoms with E-state index < -0.39 is 0 Å². The second-order valence-corrected chi connectivity index (χ2v) is 10.7. The van der Waals surface area contributed by atoms with Crippen LogP contribution in [0.4, 0.5) is 0 Å². The fraction of sp³-hybridized carbons (Fsp3) is 0.240. The smallest absolute Gasteiger partial charge is 0.289 e. The Labute approximate surface area is 216 Å². The summed E-state index contributed by atoms with van der Waals surface area (Å²) in [4.78, 5) is 24.0. The molecule has 4 aromatic rings. The fourth-order valence-corrected chi connectivity index (χ4v) is 5.95. The van der Waals surface area contributed by atoms with E-state index in [9.17, 15) is 4.79 Å². The Morgan fingerprint density at radius 3 is 2.74 bits per heavy atom. The molecular weight excluding hydrogens is 509 g/mol. The Balaban J connectivity index is 1.16. The minimum Gasteiger partial charge on any atom is -0.455 e. The van der Waals surface area contributed by atoms with Gasteiger partial charge in [0.25, 0.3) is 5.91 Å². The number of thiazole rings is 1. The Hall–Kier alpha value is -2.32. The van der Waals surface area contributed by atoms with E-state index in [4.69, 9.17) is 32.6 Å². The highest BCUT2D eigenvalue weighted by Crippen LogP contribution is 2.35. The largest absolute Gasteiger partial charge is 0.455 e. The topological polar surface area (TPSA) is 59.2 Å². The number of rotatable bonds is 6. The Bertz CT molecular complexity index is 1280.